The van der Waals surface area contributed by atoms with Gasteiger partial charge < -0.3 is 9.88 Å². The normalized spacial score (nSPS) is 15.9. The molecule has 5 nitrogen and oxygen atoms in total. The summed E-state index contributed by atoms with van der Waals surface area (Å²) in [4.78, 5) is 12.8. The molecule has 1 saturated carbocycles. The van der Waals surface area contributed by atoms with E-state index in [2.05, 4.69) is 45.7 Å². The lowest BCUT2D eigenvalue weighted by molar-refractivity contribution is -0.121. The van der Waals surface area contributed by atoms with E-state index in [0.29, 0.717) is 12.5 Å². The summed E-state index contributed by atoms with van der Waals surface area (Å²) in [5, 5.41) is 12.5. The van der Waals surface area contributed by atoms with Gasteiger partial charge in [0.2, 0.25) is 5.91 Å². The predicted molar refractivity (Wildman–Crippen MR) is 110 cm³/mol. The Morgan fingerprint density at radius 3 is 2.74 bits per heavy atom. The third kappa shape index (κ3) is 5.01. The van der Waals surface area contributed by atoms with Crippen LogP contribution in [0, 0.1) is 0 Å². The van der Waals surface area contributed by atoms with E-state index in [1.165, 1.54) is 24.6 Å². The van der Waals surface area contributed by atoms with Crippen molar-refractivity contribution in [3.63, 3.8) is 0 Å². The van der Waals surface area contributed by atoms with E-state index in [0.717, 1.165) is 29.4 Å². The summed E-state index contributed by atoms with van der Waals surface area (Å²) in [6.45, 7) is 8.58. The topological polar surface area (TPSA) is 59.8 Å². The van der Waals surface area contributed by atoms with E-state index >= 15 is 0 Å². The van der Waals surface area contributed by atoms with Gasteiger partial charge in [-0.3, -0.25) is 4.79 Å². The molecule has 1 aromatic heterocycles. The van der Waals surface area contributed by atoms with Crippen molar-refractivity contribution in [2.24, 2.45) is 0 Å². The minimum absolute atomic E-state index is 0.0310. The molecule has 27 heavy (non-hydrogen) atoms. The van der Waals surface area contributed by atoms with Crippen LogP contribution < -0.4 is 5.32 Å². The maximum atomic E-state index is 12.8. The quantitative estimate of drug-likeness (QED) is 0.485. The Kier molecular flexibility index (Phi) is 6.72. The Bertz CT molecular complexity index is 770. The smallest absolute Gasteiger partial charge is 0.233 e. The number of thioether (sulfide) groups is 1. The van der Waals surface area contributed by atoms with Crippen molar-refractivity contribution < 1.29 is 4.79 Å². The van der Waals surface area contributed by atoms with Crippen LogP contribution in [0.4, 0.5) is 0 Å². The second-order valence-corrected chi connectivity index (χ2v) is 8.34. The van der Waals surface area contributed by atoms with E-state index in [4.69, 9.17) is 0 Å². The Labute approximate surface area is 165 Å². The molecule has 1 heterocycles. The van der Waals surface area contributed by atoms with Crippen LogP contribution in [0.25, 0.3) is 0 Å². The number of carbonyl (C=O) groups excluding carboxylic acids is 1. The van der Waals surface area contributed by atoms with E-state index in [-0.39, 0.29) is 17.2 Å². The first kappa shape index (κ1) is 19.7. The summed E-state index contributed by atoms with van der Waals surface area (Å²) in [7, 11) is 0. The SMILES string of the molecule is C=CCn1c(SC(C)C(=O)NC(CCC)c2ccccc2)nnc1C1CC1. The van der Waals surface area contributed by atoms with Gasteiger partial charge in [0, 0.05) is 12.5 Å². The highest BCUT2D eigenvalue weighted by atomic mass is 32.2. The second-order valence-electron chi connectivity index (χ2n) is 7.03. The molecule has 1 amide bonds. The molecule has 6 heteroatoms. The van der Waals surface area contributed by atoms with Gasteiger partial charge in [0.1, 0.15) is 5.82 Å². The Hall–Kier alpha value is -2.08. The number of nitrogens with zero attached hydrogens (tertiary/aromatic N) is 3. The molecule has 0 spiro atoms. The second kappa shape index (κ2) is 9.22. The van der Waals surface area contributed by atoms with E-state index in [1.54, 1.807) is 0 Å². The average Bonchev–Trinajstić information content (AvgIpc) is 3.45. The minimum atomic E-state index is -0.243. The third-order valence-electron chi connectivity index (χ3n) is 4.75. The predicted octanol–water partition coefficient (Wildman–Crippen LogP) is 4.48. The molecule has 1 aromatic carbocycles. The fraction of sp³-hybridized carbons (Fsp3) is 0.476. The number of hydrogen-bond donors (Lipinski definition) is 1. The lowest BCUT2D eigenvalue weighted by Gasteiger charge is -2.21. The van der Waals surface area contributed by atoms with Crippen LogP contribution in [-0.2, 0) is 11.3 Å². The van der Waals surface area contributed by atoms with Crippen LogP contribution in [0.15, 0.2) is 48.1 Å². The van der Waals surface area contributed by atoms with Gasteiger partial charge in [0.25, 0.3) is 0 Å². The van der Waals surface area contributed by atoms with Crippen LogP contribution >= 0.6 is 11.8 Å². The van der Waals surface area contributed by atoms with E-state index < -0.39 is 0 Å². The maximum Gasteiger partial charge on any atom is 0.233 e. The Morgan fingerprint density at radius 1 is 1.37 bits per heavy atom. The lowest BCUT2D eigenvalue weighted by atomic mass is 10.0. The lowest BCUT2D eigenvalue weighted by Crippen LogP contribution is -2.34. The number of aromatic nitrogens is 3. The van der Waals surface area contributed by atoms with Gasteiger partial charge in [-0.25, -0.2) is 0 Å². The fourth-order valence-corrected chi connectivity index (χ4v) is 4.00. The molecule has 1 aliphatic rings. The van der Waals surface area contributed by atoms with Crippen molar-refractivity contribution in [2.45, 2.75) is 68.4 Å². The highest BCUT2D eigenvalue weighted by Gasteiger charge is 2.31. The van der Waals surface area contributed by atoms with Gasteiger partial charge in [0.15, 0.2) is 5.16 Å². The van der Waals surface area contributed by atoms with Gasteiger partial charge in [-0.05, 0) is 31.7 Å². The molecular formula is C21H28N4OS. The third-order valence-corrected chi connectivity index (χ3v) is 5.83. The minimum Gasteiger partial charge on any atom is -0.348 e. The Balaban J connectivity index is 1.67. The zero-order chi connectivity index (χ0) is 19.2. The van der Waals surface area contributed by atoms with Gasteiger partial charge in [-0.15, -0.1) is 16.8 Å². The summed E-state index contributed by atoms with van der Waals surface area (Å²) < 4.78 is 2.10. The summed E-state index contributed by atoms with van der Waals surface area (Å²) >= 11 is 1.47. The van der Waals surface area contributed by atoms with E-state index in [1.807, 2.05) is 31.2 Å². The average molecular weight is 385 g/mol. The summed E-state index contributed by atoms with van der Waals surface area (Å²) in [5.74, 6) is 1.57. The molecule has 0 bridgehead atoms. The summed E-state index contributed by atoms with van der Waals surface area (Å²) in [6, 6.07) is 10.2. The van der Waals surface area contributed by atoms with Gasteiger partial charge in [0.05, 0.1) is 11.3 Å². The largest absolute Gasteiger partial charge is 0.348 e. The number of amides is 1. The van der Waals surface area contributed by atoms with Crippen LogP contribution in [0.2, 0.25) is 0 Å². The van der Waals surface area contributed by atoms with Crippen LogP contribution in [-0.4, -0.2) is 25.9 Å². The van der Waals surface area contributed by atoms with Crippen molar-refractivity contribution in [1.29, 1.82) is 0 Å². The molecule has 1 aliphatic carbocycles. The number of benzene rings is 1. The van der Waals surface area contributed by atoms with Crippen molar-refractivity contribution >= 4 is 17.7 Å². The molecule has 1 fully saturated rings. The summed E-state index contributed by atoms with van der Waals surface area (Å²) in [6.07, 6.45) is 6.14. The van der Waals surface area contributed by atoms with E-state index in [9.17, 15) is 4.79 Å². The molecule has 3 rings (SSSR count). The first-order chi connectivity index (χ1) is 13.1. The van der Waals surface area contributed by atoms with Crippen molar-refractivity contribution in [3.8, 4) is 0 Å². The number of rotatable bonds is 10. The monoisotopic (exact) mass is 384 g/mol. The molecule has 2 atom stereocenters. The summed E-state index contributed by atoms with van der Waals surface area (Å²) in [5.41, 5.74) is 1.15. The zero-order valence-corrected chi connectivity index (χ0v) is 16.9. The molecule has 0 saturated heterocycles. The van der Waals surface area contributed by atoms with Crippen molar-refractivity contribution in [2.75, 3.05) is 0 Å². The number of nitrogens with one attached hydrogen (secondary N) is 1. The number of carbonyl (C=O) groups is 1. The molecule has 2 aromatic rings. The maximum absolute atomic E-state index is 12.8. The number of hydrogen-bond acceptors (Lipinski definition) is 4. The molecule has 144 valence electrons. The molecule has 0 radical (unpaired) electrons. The van der Waals surface area contributed by atoms with Crippen molar-refractivity contribution in [1.82, 2.24) is 20.1 Å². The van der Waals surface area contributed by atoms with Gasteiger partial charge in [-0.1, -0.05) is 61.5 Å². The molecule has 2 unspecified atom stereocenters. The Morgan fingerprint density at radius 2 is 2.11 bits per heavy atom. The van der Waals surface area contributed by atoms with Crippen LogP contribution in [0.1, 0.15) is 62.9 Å². The van der Waals surface area contributed by atoms with Crippen molar-refractivity contribution in [3.05, 3.63) is 54.4 Å². The molecule has 0 aliphatic heterocycles. The zero-order valence-electron chi connectivity index (χ0n) is 16.1. The first-order valence-electron chi connectivity index (χ1n) is 9.70. The first-order valence-corrected chi connectivity index (χ1v) is 10.6. The number of allylic oxidation sites excluding steroid dienone is 1. The fourth-order valence-electron chi connectivity index (χ4n) is 3.13. The van der Waals surface area contributed by atoms with Crippen LogP contribution in [0.5, 0.6) is 0 Å². The van der Waals surface area contributed by atoms with Gasteiger partial charge >= 0.3 is 0 Å². The standard InChI is InChI=1S/C21H28N4OS/c1-4-9-18(16-10-7-6-8-11-16)22-20(26)15(3)27-21-24-23-19(17-12-13-17)25(21)14-5-2/h5-8,10-11,15,17-18H,2,4,9,12-14H2,1,3H3,(H,22,26). The highest BCUT2D eigenvalue weighted by Crippen LogP contribution is 2.40. The molecular weight excluding hydrogens is 356 g/mol. The van der Waals surface area contributed by atoms with Gasteiger partial charge in [-0.2, -0.15) is 0 Å². The molecule has 1 N–H and O–H groups in total. The highest BCUT2D eigenvalue weighted by molar-refractivity contribution is 8.00. The van der Waals surface area contributed by atoms with Crippen LogP contribution in [0.3, 0.4) is 0 Å².